The fourth-order valence-corrected chi connectivity index (χ4v) is 14.8. The van der Waals surface area contributed by atoms with Crippen molar-refractivity contribution < 1.29 is 80.2 Å². The molecule has 0 aliphatic carbocycles. The fraction of sp³-hybridized carbons (Fsp3) is 0.953. The summed E-state index contributed by atoms with van der Waals surface area (Å²) in [7, 11) is -9.92. The van der Waals surface area contributed by atoms with Crippen molar-refractivity contribution in [1.29, 1.82) is 0 Å². The molecule has 19 heteroatoms. The first-order chi connectivity index (χ1) is 50.4. The predicted molar refractivity (Wildman–Crippen MR) is 428 cm³/mol. The van der Waals surface area contributed by atoms with E-state index in [1.165, 1.54) is 263 Å². The lowest BCUT2D eigenvalue weighted by Gasteiger charge is -2.21. The van der Waals surface area contributed by atoms with Crippen molar-refractivity contribution in [3.63, 3.8) is 0 Å². The van der Waals surface area contributed by atoms with E-state index >= 15 is 0 Å². The second-order valence-electron chi connectivity index (χ2n) is 31.5. The molecule has 0 heterocycles. The van der Waals surface area contributed by atoms with Crippen LogP contribution in [0.4, 0.5) is 0 Å². The van der Waals surface area contributed by atoms with E-state index in [4.69, 9.17) is 37.0 Å². The number of phosphoric ester groups is 2. The highest BCUT2D eigenvalue weighted by molar-refractivity contribution is 7.47. The highest BCUT2D eigenvalue weighted by Crippen LogP contribution is 2.45. The predicted octanol–water partition coefficient (Wildman–Crippen LogP) is 25.8. The van der Waals surface area contributed by atoms with Crippen molar-refractivity contribution in [2.75, 3.05) is 39.6 Å². The van der Waals surface area contributed by atoms with Crippen molar-refractivity contribution in [3.05, 3.63) is 0 Å². The molecule has 17 nitrogen and oxygen atoms in total. The number of unbranched alkanes of at least 4 members (excludes halogenated alkanes) is 54. The number of esters is 4. The number of aliphatic hydroxyl groups is 1. The number of hydrogen-bond donors (Lipinski definition) is 3. The van der Waals surface area contributed by atoms with Gasteiger partial charge >= 0.3 is 39.5 Å². The molecular weight excluding hydrogens is 1350 g/mol. The lowest BCUT2D eigenvalue weighted by Crippen LogP contribution is -2.30. The third-order valence-electron chi connectivity index (χ3n) is 20.0. The lowest BCUT2D eigenvalue weighted by molar-refractivity contribution is -0.161. The summed E-state index contributed by atoms with van der Waals surface area (Å²) < 4.78 is 68.8. The van der Waals surface area contributed by atoms with E-state index < -0.39 is 97.5 Å². The Morgan fingerprint density at radius 1 is 0.260 bits per heavy atom. The van der Waals surface area contributed by atoms with Crippen LogP contribution in [0.1, 0.15) is 452 Å². The highest BCUT2D eigenvalue weighted by Gasteiger charge is 2.30. The molecule has 0 spiro atoms. The maximum Gasteiger partial charge on any atom is 0.472 e. The summed E-state index contributed by atoms with van der Waals surface area (Å²) in [5.41, 5.74) is 0. The summed E-state index contributed by atoms with van der Waals surface area (Å²) >= 11 is 0. The molecule has 0 saturated heterocycles. The van der Waals surface area contributed by atoms with Crippen molar-refractivity contribution in [2.24, 2.45) is 11.8 Å². The van der Waals surface area contributed by atoms with Gasteiger partial charge in [0.05, 0.1) is 26.4 Å². The minimum Gasteiger partial charge on any atom is -0.462 e. The summed E-state index contributed by atoms with van der Waals surface area (Å²) in [6.07, 6.45) is 68.4. The van der Waals surface area contributed by atoms with Gasteiger partial charge in [0.2, 0.25) is 0 Å². The second kappa shape index (κ2) is 76.4. The molecule has 104 heavy (non-hydrogen) atoms. The number of aliphatic hydroxyl groups excluding tert-OH is 1. The first-order valence-corrected chi connectivity index (χ1v) is 47.0. The van der Waals surface area contributed by atoms with Crippen LogP contribution in [0.5, 0.6) is 0 Å². The van der Waals surface area contributed by atoms with Crippen molar-refractivity contribution in [3.8, 4) is 0 Å². The van der Waals surface area contributed by atoms with Crippen LogP contribution >= 0.6 is 15.6 Å². The Bertz CT molecular complexity index is 1990. The lowest BCUT2D eigenvalue weighted by atomic mass is 10.0. The molecule has 5 atom stereocenters. The summed E-state index contributed by atoms with van der Waals surface area (Å²) in [6.45, 7) is 9.58. The van der Waals surface area contributed by atoms with Crippen molar-refractivity contribution in [2.45, 2.75) is 471 Å². The summed E-state index contributed by atoms with van der Waals surface area (Å²) in [6, 6.07) is 0. The summed E-state index contributed by atoms with van der Waals surface area (Å²) in [5, 5.41) is 10.7. The Morgan fingerprint density at radius 2 is 0.442 bits per heavy atom. The van der Waals surface area contributed by atoms with Crippen LogP contribution in [-0.2, 0) is 65.4 Å². The number of hydrogen-bond acceptors (Lipinski definition) is 15. The third kappa shape index (κ3) is 78.2. The van der Waals surface area contributed by atoms with E-state index in [0.717, 1.165) is 102 Å². The minimum absolute atomic E-state index is 0.106. The Morgan fingerprint density at radius 3 is 0.654 bits per heavy atom. The smallest absolute Gasteiger partial charge is 0.462 e. The van der Waals surface area contributed by atoms with Gasteiger partial charge in [-0.3, -0.25) is 37.3 Å². The molecule has 0 aromatic rings. The highest BCUT2D eigenvalue weighted by atomic mass is 31.2. The van der Waals surface area contributed by atoms with E-state index in [9.17, 15) is 43.2 Å². The zero-order valence-corrected chi connectivity index (χ0v) is 70.1. The average molecular weight is 1520 g/mol. The summed E-state index contributed by atoms with van der Waals surface area (Å²) in [5.74, 6) is -0.651. The molecule has 0 radical (unpaired) electrons. The van der Waals surface area contributed by atoms with Gasteiger partial charge in [0.1, 0.15) is 19.3 Å². The van der Waals surface area contributed by atoms with E-state index in [-0.39, 0.29) is 25.7 Å². The second-order valence-corrected chi connectivity index (χ2v) is 34.4. The Labute approximate surface area is 638 Å². The van der Waals surface area contributed by atoms with Gasteiger partial charge in [0, 0.05) is 25.7 Å². The topological polar surface area (TPSA) is 237 Å². The first kappa shape index (κ1) is 102. The van der Waals surface area contributed by atoms with Gasteiger partial charge in [-0.05, 0) is 37.5 Å². The Kier molecular flexibility index (Phi) is 75.0. The molecule has 0 saturated carbocycles. The Hall–Kier alpha value is -1.94. The first-order valence-electron chi connectivity index (χ1n) is 44.0. The number of phosphoric acid groups is 2. The van der Waals surface area contributed by atoms with Crippen LogP contribution in [0.25, 0.3) is 0 Å². The van der Waals surface area contributed by atoms with Crippen LogP contribution in [-0.4, -0.2) is 96.7 Å². The molecule has 618 valence electrons. The molecule has 3 N–H and O–H groups in total. The van der Waals surface area contributed by atoms with Gasteiger partial charge in [-0.2, -0.15) is 0 Å². The van der Waals surface area contributed by atoms with Gasteiger partial charge in [-0.1, -0.05) is 401 Å². The summed E-state index contributed by atoms with van der Waals surface area (Å²) in [4.78, 5) is 73.1. The van der Waals surface area contributed by atoms with Crippen LogP contribution in [0, 0.1) is 11.8 Å². The monoisotopic (exact) mass is 1520 g/mol. The standard InChI is InChI=1S/C85H166O17P2/c1-7-9-11-13-15-17-19-21-23-25-27-28-29-30-32-34-36-41-45-49-57-63-69-84(89)101-80(73-95-82(87)67-61-55-48-44-40-35-33-31-26-24-22-20-18-16-14-12-10-8-2)75-99-103(91,92)97-71-79(86)72-98-104(93,94)100-76-81(74-96-83(88)68-62-56-52-51-54-60-66-78(5)6)102-85(90)70-64-58-50-46-42-38-37-39-43-47-53-59-65-77(3)4/h77-81,86H,7-76H2,1-6H3,(H,91,92)(H,93,94)/t79-,80-,81-/m1/s1. The zero-order chi connectivity index (χ0) is 76.4. The quantitative estimate of drug-likeness (QED) is 0.0222. The largest absolute Gasteiger partial charge is 0.472 e. The van der Waals surface area contributed by atoms with Gasteiger partial charge in [0.25, 0.3) is 0 Å². The molecule has 0 amide bonds. The van der Waals surface area contributed by atoms with Gasteiger partial charge in [-0.15, -0.1) is 0 Å². The van der Waals surface area contributed by atoms with Crippen molar-refractivity contribution in [1.82, 2.24) is 0 Å². The Balaban J connectivity index is 5.20. The number of rotatable bonds is 84. The fourth-order valence-electron chi connectivity index (χ4n) is 13.2. The molecule has 0 bridgehead atoms. The van der Waals surface area contributed by atoms with Gasteiger partial charge in [0.15, 0.2) is 12.2 Å². The SMILES string of the molecule is CCCCCCCCCCCCCCCCCCCCCCCCC(=O)O[C@H](COC(=O)CCCCCCCCCCCCCCCCCCCC)COP(=O)(O)OC[C@@H](O)COP(=O)(O)OC[C@@H](COC(=O)CCCCCCCCC(C)C)OC(=O)CCCCCCCCCCCCCCC(C)C. The molecule has 0 aromatic carbocycles. The van der Waals surface area contributed by atoms with Crippen LogP contribution in [0.2, 0.25) is 0 Å². The molecule has 0 fully saturated rings. The normalized spacial score (nSPS) is 13.8. The number of carbonyl (C=O) groups is 4. The number of carbonyl (C=O) groups excluding carboxylic acids is 4. The van der Waals surface area contributed by atoms with Crippen molar-refractivity contribution >= 4 is 39.5 Å². The van der Waals surface area contributed by atoms with Gasteiger partial charge < -0.3 is 33.8 Å². The van der Waals surface area contributed by atoms with E-state index in [2.05, 4.69) is 41.5 Å². The van der Waals surface area contributed by atoms with Crippen LogP contribution in [0.3, 0.4) is 0 Å². The molecule has 2 unspecified atom stereocenters. The maximum atomic E-state index is 13.1. The number of ether oxygens (including phenoxy) is 4. The minimum atomic E-state index is -4.96. The van der Waals surface area contributed by atoms with E-state index in [1.807, 2.05) is 0 Å². The molecule has 0 aromatic heterocycles. The molecule has 0 rings (SSSR count). The average Bonchev–Trinajstić information content (AvgIpc) is 0.910. The molecule has 0 aliphatic heterocycles. The van der Waals surface area contributed by atoms with Gasteiger partial charge in [-0.25, -0.2) is 9.13 Å². The van der Waals surface area contributed by atoms with Crippen LogP contribution in [0.15, 0.2) is 0 Å². The molecule has 0 aliphatic rings. The zero-order valence-electron chi connectivity index (χ0n) is 68.3. The van der Waals surface area contributed by atoms with Crippen LogP contribution < -0.4 is 0 Å². The van der Waals surface area contributed by atoms with E-state index in [1.54, 1.807) is 0 Å². The maximum absolute atomic E-state index is 13.1. The van der Waals surface area contributed by atoms with E-state index in [0.29, 0.717) is 31.6 Å². The molecular formula is C85H166O17P2. The third-order valence-corrected chi connectivity index (χ3v) is 21.9.